The first kappa shape index (κ1) is 15.1. The molecule has 0 aliphatic carbocycles. The fraction of sp³-hybridized carbons (Fsp3) is 0.500. The molecule has 1 aliphatic rings. The molecule has 5 nitrogen and oxygen atoms in total. The Morgan fingerprint density at radius 1 is 1.42 bits per heavy atom. The predicted octanol–water partition coefficient (Wildman–Crippen LogP) is 1.48. The Bertz CT molecular complexity index is 473. The summed E-state index contributed by atoms with van der Waals surface area (Å²) in [6.07, 6.45) is 3.32. The molecule has 0 unspecified atom stereocenters. The molecular formula is C14H21N3O2. The lowest BCUT2D eigenvalue weighted by Crippen LogP contribution is -2.48. The fourth-order valence-corrected chi connectivity index (χ4v) is 1.66. The zero-order valence-electron chi connectivity index (χ0n) is 12.2. The minimum atomic E-state index is -0.194. The van der Waals surface area contributed by atoms with Crippen LogP contribution in [0.25, 0.3) is 0 Å². The number of piperazine rings is 1. The van der Waals surface area contributed by atoms with Crippen LogP contribution in [0.15, 0.2) is 28.0 Å². The number of aliphatic imine (C=N–C) groups is 1. The molecule has 1 fully saturated rings. The number of hydrogen-bond acceptors (Lipinski definition) is 3. The van der Waals surface area contributed by atoms with Gasteiger partial charge in [-0.2, -0.15) is 0 Å². The van der Waals surface area contributed by atoms with Crippen LogP contribution < -0.4 is 5.32 Å². The van der Waals surface area contributed by atoms with Crippen LogP contribution in [-0.4, -0.2) is 36.5 Å². The maximum absolute atomic E-state index is 12.0. The Morgan fingerprint density at radius 2 is 2.05 bits per heavy atom. The summed E-state index contributed by atoms with van der Waals surface area (Å²) >= 11 is 0. The highest BCUT2D eigenvalue weighted by atomic mass is 16.2. The molecule has 1 saturated heterocycles. The largest absolute Gasteiger partial charge is 0.331 e. The molecule has 0 aromatic carbocycles. The van der Waals surface area contributed by atoms with Gasteiger partial charge in [0.1, 0.15) is 5.70 Å². The van der Waals surface area contributed by atoms with Crippen molar-refractivity contribution in [2.24, 2.45) is 10.9 Å². The Balaban J connectivity index is 3.19. The maximum Gasteiger partial charge on any atom is 0.270 e. The summed E-state index contributed by atoms with van der Waals surface area (Å²) in [7, 11) is 1.61. The SMILES string of the molecule is C\C=N/C(/C=C1\NC(=O)CN(C)C1=O)=C(\C)C(C)C. The van der Waals surface area contributed by atoms with Crippen molar-refractivity contribution < 1.29 is 9.59 Å². The first-order chi connectivity index (χ1) is 8.86. The molecule has 0 spiro atoms. The smallest absolute Gasteiger partial charge is 0.270 e. The molecule has 19 heavy (non-hydrogen) atoms. The van der Waals surface area contributed by atoms with Crippen LogP contribution in [-0.2, 0) is 9.59 Å². The standard InChI is InChI=1S/C14H21N3O2/c1-6-15-11(10(4)9(2)3)7-12-14(19)17(5)8-13(18)16-12/h6-7,9H,8H2,1-5H3,(H,16,18)/b11-10+,12-7-,15-6-. The van der Waals surface area contributed by atoms with Gasteiger partial charge in [0.2, 0.25) is 5.91 Å². The van der Waals surface area contributed by atoms with Crippen LogP contribution >= 0.6 is 0 Å². The van der Waals surface area contributed by atoms with Gasteiger partial charge in [-0.3, -0.25) is 14.6 Å². The van der Waals surface area contributed by atoms with E-state index in [2.05, 4.69) is 24.2 Å². The van der Waals surface area contributed by atoms with Crippen molar-refractivity contribution in [1.29, 1.82) is 0 Å². The molecule has 104 valence electrons. The van der Waals surface area contributed by atoms with Gasteiger partial charge >= 0.3 is 0 Å². The van der Waals surface area contributed by atoms with Crippen LogP contribution in [0.3, 0.4) is 0 Å². The van der Waals surface area contributed by atoms with E-state index >= 15 is 0 Å². The first-order valence-electron chi connectivity index (χ1n) is 6.33. The summed E-state index contributed by atoms with van der Waals surface area (Å²) in [6, 6.07) is 0. The second kappa shape index (κ2) is 6.31. The Hall–Kier alpha value is -1.91. The van der Waals surface area contributed by atoms with Crippen LogP contribution in [0.5, 0.6) is 0 Å². The monoisotopic (exact) mass is 263 g/mol. The zero-order chi connectivity index (χ0) is 14.6. The van der Waals surface area contributed by atoms with E-state index in [1.807, 2.05) is 13.8 Å². The molecular weight excluding hydrogens is 242 g/mol. The number of nitrogens with zero attached hydrogens (tertiary/aromatic N) is 2. The summed E-state index contributed by atoms with van der Waals surface area (Å²) in [4.78, 5) is 29.1. The molecule has 0 saturated carbocycles. The lowest BCUT2D eigenvalue weighted by molar-refractivity contribution is -0.136. The molecule has 0 bridgehead atoms. The predicted molar refractivity (Wildman–Crippen MR) is 75.6 cm³/mol. The molecule has 0 aromatic heterocycles. The average molecular weight is 263 g/mol. The number of nitrogens with one attached hydrogen (secondary N) is 1. The van der Waals surface area contributed by atoms with Gasteiger partial charge in [-0.1, -0.05) is 13.8 Å². The second-order valence-electron chi connectivity index (χ2n) is 4.88. The topological polar surface area (TPSA) is 61.8 Å². The summed E-state index contributed by atoms with van der Waals surface area (Å²) in [5, 5.41) is 2.60. The van der Waals surface area contributed by atoms with Crippen molar-refractivity contribution in [3.63, 3.8) is 0 Å². The van der Waals surface area contributed by atoms with Crippen molar-refractivity contribution in [3.05, 3.63) is 23.0 Å². The number of likely N-dealkylation sites (N-methyl/N-ethyl adjacent to an activating group) is 1. The number of carbonyl (C=O) groups excluding carboxylic acids is 2. The molecule has 5 heteroatoms. The summed E-state index contributed by atoms with van der Waals surface area (Å²) in [5.41, 5.74) is 2.07. The molecule has 1 aliphatic heterocycles. The van der Waals surface area contributed by atoms with Crippen LogP contribution in [0.4, 0.5) is 0 Å². The van der Waals surface area contributed by atoms with E-state index in [0.29, 0.717) is 5.92 Å². The quantitative estimate of drug-likeness (QED) is 0.619. The highest BCUT2D eigenvalue weighted by Gasteiger charge is 2.25. The zero-order valence-corrected chi connectivity index (χ0v) is 12.2. The van der Waals surface area contributed by atoms with E-state index in [-0.39, 0.29) is 24.1 Å². The summed E-state index contributed by atoms with van der Waals surface area (Å²) in [6.45, 7) is 8.01. The molecule has 0 radical (unpaired) electrons. The van der Waals surface area contributed by atoms with Gasteiger partial charge in [-0.05, 0) is 31.4 Å². The van der Waals surface area contributed by atoms with Crippen LogP contribution in [0.1, 0.15) is 27.7 Å². The van der Waals surface area contributed by atoms with Gasteiger partial charge < -0.3 is 10.2 Å². The number of amides is 2. The van der Waals surface area contributed by atoms with Gasteiger partial charge in [0, 0.05) is 13.3 Å². The van der Waals surface area contributed by atoms with Crippen molar-refractivity contribution in [2.75, 3.05) is 13.6 Å². The van der Waals surface area contributed by atoms with Crippen LogP contribution in [0, 0.1) is 5.92 Å². The minimum absolute atomic E-state index is 0.0927. The normalized spacial score (nSPS) is 20.3. The van der Waals surface area contributed by atoms with E-state index < -0.39 is 0 Å². The van der Waals surface area contributed by atoms with E-state index in [9.17, 15) is 9.59 Å². The summed E-state index contributed by atoms with van der Waals surface area (Å²) < 4.78 is 0. The van der Waals surface area contributed by atoms with Gasteiger partial charge in [0.25, 0.3) is 5.91 Å². The maximum atomic E-state index is 12.0. The molecule has 0 atom stereocenters. The van der Waals surface area contributed by atoms with E-state index in [1.165, 1.54) is 4.90 Å². The van der Waals surface area contributed by atoms with Crippen molar-refractivity contribution in [2.45, 2.75) is 27.7 Å². The highest BCUT2D eigenvalue weighted by molar-refractivity contribution is 6.03. The van der Waals surface area contributed by atoms with Crippen LogP contribution in [0.2, 0.25) is 0 Å². The van der Waals surface area contributed by atoms with E-state index in [4.69, 9.17) is 0 Å². The number of allylic oxidation sites excluding steroid dienone is 2. The first-order valence-corrected chi connectivity index (χ1v) is 6.33. The van der Waals surface area contributed by atoms with Crippen molar-refractivity contribution in [1.82, 2.24) is 10.2 Å². The number of hydrogen-bond donors (Lipinski definition) is 1. The van der Waals surface area contributed by atoms with Crippen molar-refractivity contribution in [3.8, 4) is 0 Å². The van der Waals surface area contributed by atoms with Gasteiger partial charge in [-0.15, -0.1) is 0 Å². The number of carbonyl (C=O) groups is 2. The van der Waals surface area contributed by atoms with Gasteiger partial charge in [0.15, 0.2) is 0 Å². The van der Waals surface area contributed by atoms with Gasteiger partial charge in [0.05, 0.1) is 12.2 Å². The molecule has 1 N–H and O–H groups in total. The van der Waals surface area contributed by atoms with Gasteiger partial charge in [-0.25, -0.2) is 0 Å². The Kier molecular flexibility index (Phi) is 5.03. The Labute approximate surface area is 114 Å². The molecule has 0 aromatic rings. The lowest BCUT2D eigenvalue weighted by Gasteiger charge is -2.24. The third-order valence-electron chi connectivity index (χ3n) is 3.05. The third kappa shape index (κ3) is 3.77. The second-order valence-corrected chi connectivity index (χ2v) is 4.88. The average Bonchev–Trinajstić information content (AvgIpc) is 2.33. The fourth-order valence-electron chi connectivity index (χ4n) is 1.66. The minimum Gasteiger partial charge on any atom is -0.331 e. The number of rotatable bonds is 3. The molecule has 2 amide bonds. The molecule has 1 rings (SSSR count). The van der Waals surface area contributed by atoms with E-state index in [1.54, 1.807) is 19.3 Å². The third-order valence-corrected chi connectivity index (χ3v) is 3.05. The lowest BCUT2D eigenvalue weighted by atomic mass is 10.0. The summed E-state index contributed by atoms with van der Waals surface area (Å²) in [5.74, 6) is -0.0574. The van der Waals surface area contributed by atoms with Crippen molar-refractivity contribution >= 4 is 18.0 Å². The highest BCUT2D eigenvalue weighted by Crippen LogP contribution is 2.18. The van der Waals surface area contributed by atoms with E-state index in [0.717, 1.165) is 11.3 Å². The molecule has 1 heterocycles. The Morgan fingerprint density at radius 3 is 2.58 bits per heavy atom.